The number of aliphatic hydroxyl groups excluding tert-OH is 1. The van der Waals surface area contributed by atoms with Crippen molar-refractivity contribution < 1.29 is 5.11 Å². The van der Waals surface area contributed by atoms with E-state index < -0.39 is 6.10 Å². The summed E-state index contributed by atoms with van der Waals surface area (Å²) in [5.74, 6) is 1.53. The molecule has 0 unspecified atom stereocenters. The summed E-state index contributed by atoms with van der Waals surface area (Å²) in [7, 11) is 1.89. The Kier molecular flexibility index (Phi) is 5.77. The second-order valence-electron chi connectivity index (χ2n) is 8.40. The summed E-state index contributed by atoms with van der Waals surface area (Å²) in [6.45, 7) is 9.66. The highest BCUT2D eigenvalue weighted by molar-refractivity contribution is 5.86. The van der Waals surface area contributed by atoms with Crippen molar-refractivity contribution in [3.8, 4) is 0 Å². The van der Waals surface area contributed by atoms with Gasteiger partial charge in [-0.3, -0.25) is 4.68 Å². The van der Waals surface area contributed by atoms with Crippen molar-refractivity contribution in [2.24, 2.45) is 7.05 Å². The van der Waals surface area contributed by atoms with Gasteiger partial charge in [-0.2, -0.15) is 5.10 Å². The van der Waals surface area contributed by atoms with Crippen molar-refractivity contribution in [2.45, 2.75) is 58.0 Å². The van der Waals surface area contributed by atoms with Crippen molar-refractivity contribution >= 4 is 16.9 Å². The summed E-state index contributed by atoms with van der Waals surface area (Å²) in [4.78, 5) is 11.8. The molecule has 26 heavy (non-hydrogen) atoms. The molecule has 3 rings (SSSR count). The van der Waals surface area contributed by atoms with Crippen LogP contribution in [0.2, 0.25) is 0 Å². The molecule has 144 valence electrons. The molecule has 7 heteroatoms. The molecule has 1 aliphatic heterocycles. The van der Waals surface area contributed by atoms with Crippen molar-refractivity contribution in [2.75, 3.05) is 31.5 Å². The van der Waals surface area contributed by atoms with Crippen LogP contribution in [0.4, 0.5) is 5.82 Å². The van der Waals surface area contributed by atoms with E-state index in [1.54, 1.807) is 10.9 Å². The maximum atomic E-state index is 10.5. The molecule has 0 bridgehead atoms. The van der Waals surface area contributed by atoms with Gasteiger partial charge in [0.2, 0.25) is 0 Å². The Morgan fingerprint density at radius 2 is 1.85 bits per heavy atom. The lowest BCUT2D eigenvalue weighted by Crippen LogP contribution is -2.36. The number of hydrogen-bond donors (Lipinski definition) is 2. The highest BCUT2D eigenvalue weighted by atomic mass is 16.3. The monoisotopic (exact) mass is 360 g/mol. The largest absolute Gasteiger partial charge is 0.390 e. The van der Waals surface area contributed by atoms with Crippen molar-refractivity contribution in [3.63, 3.8) is 0 Å². The molecule has 3 heterocycles. The van der Waals surface area contributed by atoms with Crippen molar-refractivity contribution in [3.05, 3.63) is 12.0 Å². The predicted molar refractivity (Wildman–Crippen MR) is 104 cm³/mol. The van der Waals surface area contributed by atoms with Gasteiger partial charge in [0.15, 0.2) is 5.65 Å². The summed E-state index contributed by atoms with van der Waals surface area (Å²) in [6, 6.07) is 0. The molecule has 7 nitrogen and oxygen atoms in total. The number of β-amino-alcohol motifs (C(OH)–C–C–N with tert-alkyl or cyclic N) is 1. The Hall–Kier alpha value is -1.73. The maximum Gasteiger partial charge on any atom is 0.163 e. The van der Waals surface area contributed by atoms with Gasteiger partial charge in [-0.15, -0.1) is 0 Å². The number of anilines is 1. The van der Waals surface area contributed by atoms with E-state index in [1.165, 1.54) is 25.7 Å². The van der Waals surface area contributed by atoms with Gasteiger partial charge in [0, 0.05) is 25.6 Å². The highest BCUT2D eigenvalue weighted by Gasteiger charge is 2.22. The molecule has 2 aromatic heterocycles. The molecule has 1 saturated heterocycles. The first kappa shape index (κ1) is 19.0. The summed E-state index contributed by atoms with van der Waals surface area (Å²) in [5.41, 5.74) is 0.661. The molecular formula is C19H32N6O. The minimum Gasteiger partial charge on any atom is -0.390 e. The number of rotatable bonds is 5. The topological polar surface area (TPSA) is 79.1 Å². The third kappa shape index (κ3) is 4.51. The zero-order valence-electron chi connectivity index (χ0n) is 16.5. The number of aromatic nitrogens is 4. The summed E-state index contributed by atoms with van der Waals surface area (Å²) in [6.07, 6.45) is 6.44. The van der Waals surface area contributed by atoms with Crippen LogP contribution in [-0.4, -0.2) is 62.0 Å². The number of aliphatic hydroxyl groups is 1. The Balaban J connectivity index is 1.71. The minimum atomic E-state index is -0.423. The number of likely N-dealkylation sites (tertiary alicyclic amines) is 1. The molecule has 2 N–H and O–H groups in total. The molecule has 1 atom stereocenters. The van der Waals surface area contributed by atoms with E-state index in [0.29, 0.717) is 13.1 Å². The summed E-state index contributed by atoms with van der Waals surface area (Å²) >= 11 is 0. The Bertz CT molecular complexity index is 727. The fourth-order valence-electron chi connectivity index (χ4n) is 3.39. The van der Waals surface area contributed by atoms with E-state index in [4.69, 9.17) is 4.98 Å². The molecule has 0 spiro atoms. The van der Waals surface area contributed by atoms with E-state index in [1.807, 2.05) is 7.05 Å². The van der Waals surface area contributed by atoms with Crippen LogP contribution in [-0.2, 0) is 12.5 Å². The van der Waals surface area contributed by atoms with Crippen LogP contribution >= 0.6 is 0 Å². The second kappa shape index (κ2) is 7.88. The number of nitrogens with zero attached hydrogens (tertiary/aromatic N) is 5. The fraction of sp³-hybridized carbons (Fsp3) is 0.737. The molecule has 0 amide bonds. The van der Waals surface area contributed by atoms with E-state index >= 15 is 0 Å². The van der Waals surface area contributed by atoms with Crippen LogP contribution < -0.4 is 5.32 Å². The molecule has 1 aliphatic rings. The highest BCUT2D eigenvalue weighted by Crippen LogP contribution is 2.25. The van der Waals surface area contributed by atoms with Crippen molar-refractivity contribution in [1.29, 1.82) is 0 Å². The molecular weight excluding hydrogens is 328 g/mol. The molecule has 0 saturated carbocycles. The smallest absolute Gasteiger partial charge is 0.163 e. The first-order valence-electron chi connectivity index (χ1n) is 9.69. The molecule has 2 aromatic rings. The van der Waals surface area contributed by atoms with Gasteiger partial charge in [-0.25, -0.2) is 9.97 Å². The lowest BCUT2D eigenvalue weighted by atomic mass is 9.95. The van der Waals surface area contributed by atoms with Crippen LogP contribution in [0.5, 0.6) is 0 Å². The summed E-state index contributed by atoms with van der Waals surface area (Å²) < 4.78 is 1.77. The number of hydrogen-bond acceptors (Lipinski definition) is 6. The summed E-state index contributed by atoms with van der Waals surface area (Å²) in [5, 5.41) is 19.0. The fourth-order valence-corrected chi connectivity index (χ4v) is 3.39. The van der Waals surface area contributed by atoms with E-state index in [0.717, 1.165) is 35.8 Å². The third-order valence-electron chi connectivity index (χ3n) is 4.94. The molecule has 1 fully saturated rings. The van der Waals surface area contributed by atoms with Gasteiger partial charge in [0.25, 0.3) is 0 Å². The van der Waals surface area contributed by atoms with Gasteiger partial charge in [0.1, 0.15) is 11.6 Å². The van der Waals surface area contributed by atoms with Crippen LogP contribution in [0.25, 0.3) is 11.0 Å². The molecule has 0 radical (unpaired) electrons. The second-order valence-corrected chi connectivity index (χ2v) is 8.40. The van der Waals surface area contributed by atoms with E-state index in [2.05, 4.69) is 41.1 Å². The van der Waals surface area contributed by atoms with Crippen molar-refractivity contribution in [1.82, 2.24) is 24.6 Å². The Labute approximate surface area is 155 Å². The van der Waals surface area contributed by atoms with E-state index in [9.17, 15) is 5.11 Å². The lowest BCUT2D eigenvalue weighted by Gasteiger charge is -2.24. The van der Waals surface area contributed by atoms with Gasteiger partial charge < -0.3 is 15.3 Å². The van der Waals surface area contributed by atoms with Crippen LogP contribution in [0.3, 0.4) is 0 Å². The van der Waals surface area contributed by atoms with Gasteiger partial charge in [0.05, 0.1) is 17.7 Å². The zero-order chi connectivity index (χ0) is 18.7. The normalized spacial score (nSPS) is 18.0. The number of fused-ring (bicyclic) bond motifs is 1. The maximum absolute atomic E-state index is 10.5. The zero-order valence-corrected chi connectivity index (χ0v) is 16.5. The average Bonchev–Trinajstić information content (AvgIpc) is 2.79. The average molecular weight is 361 g/mol. The molecule has 0 aromatic carbocycles. The van der Waals surface area contributed by atoms with Gasteiger partial charge in [-0.1, -0.05) is 33.6 Å². The quantitative estimate of drug-likeness (QED) is 0.852. The SMILES string of the molecule is Cn1ncc2c(NC[C@@H](O)CN3CCCCCC3)nc(C(C)(C)C)nc21. The first-order valence-corrected chi connectivity index (χ1v) is 9.69. The Morgan fingerprint density at radius 3 is 2.50 bits per heavy atom. The van der Waals surface area contributed by atoms with Gasteiger partial charge >= 0.3 is 0 Å². The minimum absolute atomic E-state index is 0.153. The van der Waals surface area contributed by atoms with Crippen LogP contribution in [0.1, 0.15) is 52.3 Å². The Morgan fingerprint density at radius 1 is 1.15 bits per heavy atom. The van der Waals surface area contributed by atoms with Crippen LogP contribution in [0, 0.1) is 0 Å². The first-order chi connectivity index (χ1) is 12.3. The number of nitrogens with one attached hydrogen (secondary N) is 1. The van der Waals surface area contributed by atoms with Gasteiger partial charge in [-0.05, 0) is 25.9 Å². The molecule has 0 aliphatic carbocycles. The third-order valence-corrected chi connectivity index (χ3v) is 4.94. The predicted octanol–water partition coefficient (Wildman–Crippen LogP) is 2.31. The number of aryl methyl sites for hydroxylation is 1. The van der Waals surface area contributed by atoms with Crippen LogP contribution in [0.15, 0.2) is 6.20 Å². The van der Waals surface area contributed by atoms with E-state index in [-0.39, 0.29) is 5.41 Å². The standard InChI is InChI=1S/C19H32N6O/c1-19(2,3)18-22-16(15-12-21-24(4)17(15)23-18)20-11-14(26)13-25-9-7-5-6-8-10-25/h12,14,26H,5-11,13H2,1-4H3,(H,20,22,23)/t14-/m1/s1. The lowest BCUT2D eigenvalue weighted by molar-refractivity contribution is 0.124.